The van der Waals surface area contributed by atoms with Gasteiger partial charge in [0.15, 0.2) is 0 Å². The summed E-state index contributed by atoms with van der Waals surface area (Å²) in [5, 5.41) is 0. The molecule has 0 fully saturated rings. The molecule has 0 aliphatic heterocycles. The van der Waals surface area contributed by atoms with Crippen LogP contribution in [0.15, 0.2) is 24.3 Å². The average molecular weight is 206 g/mol. The smallest absolute Gasteiger partial charge is 0.309 e. The molecule has 2 aliphatic rings. The Hall–Kier alpha value is -1.05. The molecule has 2 nitrogen and oxygen atoms in total. The Morgan fingerprint density at radius 3 is 2.33 bits per heavy atom. The van der Waals surface area contributed by atoms with Crippen molar-refractivity contribution < 1.29 is 9.53 Å². The molecule has 0 bridgehead atoms. The summed E-state index contributed by atoms with van der Waals surface area (Å²) < 4.78 is 5.51. The third kappa shape index (κ3) is 2.95. The van der Waals surface area contributed by atoms with Gasteiger partial charge in [-0.1, -0.05) is 24.3 Å². The molecule has 0 aromatic heterocycles. The predicted octanol–water partition coefficient (Wildman–Crippen LogP) is 2.99. The zero-order chi connectivity index (χ0) is 10.5. The van der Waals surface area contributed by atoms with Crippen LogP contribution in [-0.2, 0) is 9.53 Å². The van der Waals surface area contributed by atoms with Crippen molar-refractivity contribution in [1.82, 2.24) is 0 Å². The highest BCUT2D eigenvalue weighted by molar-refractivity contribution is 5.73. The normalized spacial score (nSPS) is 30.1. The van der Waals surface area contributed by atoms with Gasteiger partial charge in [-0.15, -0.1) is 0 Å². The fourth-order valence-corrected chi connectivity index (χ4v) is 2.14. The Bertz CT molecular complexity index is 278. The first-order chi connectivity index (χ1) is 7.36. The third-order valence-corrected chi connectivity index (χ3v) is 3.11. The minimum absolute atomic E-state index is 0.0136. The lowest BCUT2D eigenvalue weighted by Crippen LogP contribution is -2.25. The highest BCUT2D eigenvalue weighted by Crippen LogP contribution is 2.22. The van der Waals surface area contributed by atoms with Crippen molar-refractivity contribution in [3.8, 4) is 0 Å². The van der Waals surface area contributed by atoms with Gasteiger partial charge < -0.3 is 4.74 Å². The number of rotatable bonds is 2. The van der Waals surface area contributed by atoms with Gasteiger partial charge in [0.05, 0.1) is 5.92 Å². The summed E-state index contributed by atoms with van der Waals surface area (Å²) in [5.41, 5.74) is 0. The monoisotopic (exact) mass is 206 g/mol. The molecule has 0 saturated carbocycles. The molecule has 0 unspecified atom stereocenters. The molecule has 0 aromatic carbocycles. The summed E-state index contributed by atoms with van der Waals surface area (Å²) in [6, 6.07) is 0. The van der Waals surface area contributed by atoms with E-state index in [1.807, 2.05) is 0 Å². The van der Waals surface area contributed by atoms with E-state index in [9.17, 15) is 4.79 Å². The van der Waals surface area contributed by atoms with Gasteiger partial charge in [-0.2, -0.15) is 0 Å². The van der Waals surface area contributed by atoms with Crippen molar-refractivity contribution in [2.75, 3.05) is 0 Å². The molecular weight excluding hydrogens is 188 g/mol. The second kappa shape index (κ2) is 5.15. The number of carbonyl (C=O) groups excluding carboxylic acids is 1. The lowest BCUT2D eigenvalue weighted by molar-refractivity contribution is -0.154. The first kappa shape index (κ1) is 10.5. The van der Waals surface area contributed by atoms with Gasteiger partial charge in [-0.25, -0.2) is 0 Å². The van der Waals surface area contributed by atoms with Crippen LogP contribution in [0.5, 0.6) is 0 Å². The zero-order valence-electron chi connectivity index (χ0n) is 9.02. The van der Waals surface area contributed by atoms with Crippen LogP contribution < -0.4 is 0 Å². The second-order valence-electron chi connectivity index (χ2n) is 4.32. The number of allylic oxidation sites excluding steroid dienone is 3. The van der Waals surface area contributed by atoms with Crippen LogP contribution in [0.3, 0.4) is 0 Å². The van der Waals surface area contributed by atoms with Crippen LogP contribution in [-0.4, -0.2) is 12.1 Å². The van der Waals surface area contributed by atoms with Gasteiger partial charge in [0.25, 0.3) is 0 Å². The Kier molecular flexibility index (Phi) is 3.59. The molecule has 0 saturated heterocycles. The lowest BCUT2D eigenvalue weighted by Gasteiger charge is -2.22. The van der Waals surface area contributed by atoms with E-state index in [0.717, 1.165) is 38.5 Å². The lowest BCUT2D eigenvalue weighted by atomic mass is 9.94. The molecule has 2 rings (SSSR count). The van der Waals surface area contributed by atoms with E-state index in [1.165, 1.54) is 0 Å². The van der Waals surface area contributed by atoms with Gasteiger partial charge in [-0.05, 0) is 32.1 Å². The maximum absolute atomic E-state index is 11.8. The molecule has 0 heterocycles. The first-order valence-corrected chi connectivity index (χ1v) is 5.87. The molecule has 0 N–H and O–H groups in total. The predicted molar refractivity (Wildman–Crippen MR) is 59.4 cm³/mol. The topological polar surface area (TPSA) is 26.3 Å². The molecule has 0 aromatic rings. The molecule has 15 heavy (non-hydrogen) atoms. The summed E-state index contributed by atoms with van der Waals surface area (Å²) in [7, 11) is 0. The van der Waals surface area contributed by atoms with Crippen LogP contribution in [0.4, 0.5) is 0 Å². The van der Waals surface area contributed by atoms with Crippen molar-refractivity contribution in [2.24, 2.45) is 5.92 Å². The number of ether oxygens (including phenoxy) is 1. The van der Waals surface area contributed by atoms with E-state index in [4.69, 9.17) is 4.74 Å². The molecule has 2 aliphatic carbocycles. The number of esters is 1. The molecule has 2 heteroatoms. The quantitative estimate of drug-likeness (QED) is 0.513. The van der Waals surface area contributed by atoms with Crippen molar-refractivity contribution in [2.45, 2.75) is 44.6 Å². The molecule has 0 spiro atoms. The van der Waals surface area contributed by atoms with E-state index >= 15 is 0 Å². The third-order valence-electron chi connectivity index (χ3n) is 3.11. The Balaban J connectivity index is 1.80. The fourth-order valence-electron chi connectivity index (χ4n) is 2.14. The van der Waals surface area contributed by atoms with E-state index in [0.29, 0.717) is 0 Å². The minimum Gasteiger partial charge on any atom is -0.462 e. The Morgan fingerprint density at radius 2 is 1.73 bits per heavy atom. The maximum Gasteiger partial charge on any atom is 0.309 e. The van der Waals surface area contributed by atoms with Crippen LogP contribution in [0.1, 0.15) is 38.5 Å². The highest BCUT2D eigenvalue weighted by atomic mass is 16.5. The SMILES string of the molecule is O=C(O[C@@H]1CC=CCC1)[C@H]1CC=CCC1. The molecule has 2 atom stereocenters. The molecular formula is C13H18O2. The van der Waals surface area contributed by atoms with Gasteiger partial charge in [-0.3, -0.25) is 4.79 Å². The molecule has 0 radical (unpaired) electrons. The fraction of sp³-hybridized carbons (Fsp3) is 0.615. The Labute approximate surface area is 91.0 Å². The van der Waals surface area contributed by atoms with Crippen LogP contribution in [0, 0.1) is 5.92 Å². The van der Waals surface area contributed by atoms with Gasteiger partial charge in [0.1, 0.15) is 6.10 Å². The zero-order valence-corrected chi connectivity index (χ0v) is 9.02. The summed E-state index contributed by atoms with van der Waals surface area (Å²) >= 11 is 0. The largest absolute Gasteiger partial charge is 0.462 e. The van der Waals surface area contributed by atoms with E-state index in [2.05, 4.69) is 24.3 Å². The number of hydrogen-bond donors (Lipinski definition) is 0. The first-order valence-electron chi connectivity index (χ1n) is 5.87. The number of hydrogen-bond acceptors (Lipinski definition) is 2. The maximum atomic E-state index is 11.8. The van der Waals surface area contributed by atoms with Crippen LogP contribution >= 0.6 is 0 Å². The average Bonchev–Trinajstić information content (AvgIpc) is 2.31. The van der Waals surface area contributed by atoms with E-state index in [1.54, 1.807) is 0 Å². The standard InChI is InChI=1S/C13H18O2/c14-13(11-7-3-1-4-8-11)15-12-9-5-2-6-10-12/h1-3,5,11-12H,4,6-10H2/t11-,12+/m0/s1. The minimum atomic E-state index is 0.0136. The van der Waals surface area contributed by atoms with Crippen molar-refractivity contribution in [1.29, 1.82) is 0 Å². The van der Waals surface area contributed by atoms with Crippen molar-refractivity contribution >= 4 is 5.97 Å². The summed E-state index contributed by atoms with van der Waals surface area (Å²) in [6.07, 6.45) is 14.4. The van der Waals surface area contributed by atoms with Crippen molar-refractivity contribution in [3.05, 3.63) is 24.3 Å². The summed E-state index contributed by atoms with van der Waals surface area (Å²) in [5.74, 6) is 0.126. The van der Waals surface area contributed by atoms with Gasteiger partial charge >= 0.3 is 5.97 Å². The molecule has 0 amide bonds. The van der Waals surface area contributed by atoms with Gasteiger partial charge in [0.2, 0.25) is 0 Å². The second-order valence-corrected chi connectivity index (χ2v) is 4.32. The van der Waals surface area contributed by atoms with Crippen LogP contribution in [0.2, 0.25) is 0 Å². The van der Waals surface area contributed by atoms with E-state index in [-0.39, 0.29) is 18.0 Å². The van der Waals surface area contributed by atoms with Crippen molar-refractivity contribution in [3.63, 3.8) is 0 Å². The summed E-state index contributed by atoms with van der Waals surface area (Å²) in [4.78, 5) is 11.8. The number of carbonyl (C=O) groups is 1. The van der Waals surface area contributed by atoms with E-state index < -0.39 is 0 Å². The summed E-state index contributed by atoms with van der Waals surface area (Å²) in [6.45, 7) is 0. The van der Waals surface area contributed by atoms with Gasteiger partial charge in [0, 0.05) is 6.42 Å². The van der Waals surface area contributed by atoms with Crippen LogP contribution in [0.25, 0.3) is 0 Å². The molecule has 82 valence electrons. The highest BCUT2D eigenvalue weighted by Gasteiger charge is 2.23. The Morgan fingerprint density at radius 1 is 1.00 bits per heavy atom.